The van der Waals surface area contributed by atoms with Gasteiger partial charge in [0.25, 0.3) is 0 Å². The van der Waals surface area contributed by atoms with Crippen LogP contribution in [0.25, 0.3) is 11.6 Å². The van der Waals surface area contributed by atoms with Gasteiger partial charge in [-0.2, -0.15) is 10.5 Å². The van der Waals surface area contributed by atoms with E-state index >= 15 is 0 Å². The lowest BCUT2D eigenvalue weighted by Crippen LogP contribution is -1.97. The third kappa shape index (κ3) is 3.95. The predicted molar refractivity (Wildman–Crippen MR) is 96.5 cm³/mol. The zero-order valence-corrected chi connectivity index (χ0v) is 14.9. The minimum Gasteiger partial charge on any atom is -0.493 e. The fourth-order valence-electron chi connectivity index (χ4n) is 2.18. The van der Waals surface area contributed by atoms with Crippen molar-refractivity contribution in [3.63, 3.8) is 0 Å². The van der Waals surface area contributed by atoms with Gasteiger partial charge in [-0.05, 0) is 64.3 Å². The van der Waals surface area contributed by atoms with Crippen LogP contribution in [0.1, 0.15) is 23.6 Å². The lowest BCUT2D eigenvalue weighted by molar-refractivity contribution is 0.309. The highest BCUT2D eigenvalue weighted by atomic mass is 79.9. The second-order valence-corrected chi connectivity index (χ2v) is 5.68. The highest BCUT2D eigenvalue weighted by molar-refractivity contribution is 9.10. The molecule has 2 rings (SSSR count). The Morgan fingerprint density at radius 1 is 1.21 bits per heavy atom. The van der Waals surface area contributed by atoms with Gasteiger partial charge in [0.15, 0.2) is 11.5 Å². The molecule has 0 aliphatic heterocycles. The van der Waals surface area contributed by atoms with Crippen molar-refractivity contribution in [1.29, 1.82) is 10.5 Å². The summed E-state index contributed by atoms with van der Waals surface area (Å²) in [4.78, 5) is 0. The fraction of sp³-hybridized carbons (Fsp3) is 0.158. The highest BCUT2D eigenvalue weighted by Gasteiger charge is 2.11. The summed E-state index contributed by atoms with van der Waals surface area (Å²) in [6.45, 7) is 2.43. The Morgan fingerprint density at radius 3 is 2.46 bits per heavy atom. The molecule has 0 amide bonds. The average Bonchev–Trinajstić information content (AvgIpc) is 2.61. The Kier molecular flexibility index (Phi) is 6.01. The first kappa shape index (κ1) is 17.6. The van der Waals surface area contributed by atoms with Crippen LogP contribution in [0.5, 0.6) is 11.5 Å². The molecule has 0 radical (unpaired) electrons. The van der Waals surface area contributed by atoms with E-state index in [-0.39, 0.29) is 0 Å². The number of halogens is 1. The van der Waals surface area contributed by atoms with E-state index in [9.17, 15) is 5.26 Å². The van der Waals surface area contributed by atoms with Gasteiger partial charge in [0.2, 0.25) is 0 Å². The molecule has 0 unspecified atom stereocenters. The number of allylic oxidation sites excluding steroid dienone is 1. The molecular weight excluding hydrogens is 368 g/mol. The monoisotopic (exact) mass is 382 g/mol. The van der Waals surface area contributed by atoms with Gasteiger partial charge in [0, 0.05) is 0 Å². The Morgan fingerprint density at radius 2 is 1.92 bits per heavy atom. The number of hydrogen-bond acceptors (Lipinski definition) is 4. The third-order valence-electron chi connectivity index (χ3n) is 3.30. The van der Waals surface area contributed by atoms with E-state index in [1.807, 2.05) is 19.1 Å². The maximum atomic E-state index is 9.45. The van der Waals surface area contributed by atoms with Crippen molar-refractivity contribution in [2.24, 2.45) is 0 Å². The quantitative estimate of drug-likeness (QED) is 0.550. The standard InChI is InChI=1S/C19H15BrN2O2/c1-3-24-19-17(20)9-14(10-18(19)23-2)8-16(12-22)15-6-4-13(11-21)5-7-15/h4-10H,3H2,1-2H3. The van der Waals surface area contributed by atoms with Gasteiger partial charge in [0.1, 0.15) is 0 Å². The van der Waals surface area contributed by atoms with Gasteiger partial charge < -0.3 is 9.47 Å². The zero-order chi connectivity index (χ0) is 17.5. The van der Waals surface area contributed by atoms with Gasteiger partial charge in [-0.1, -0.05) is 12.1 Å². The first-order valence-electron chi connectivity index (χ1n) is 7.25. The third-order valence-corrected chi connectivity index (χ3v) is 3.89. The largest absolute Gasteiger partial charge is 0.493 e. The molecule has 2 aromatic rings. The van der Waals surface area contributed by atoms with E-state index in [0.29, 0.717) is 29.2 Å². The molecule has 2 aromatic carbocycles. The molecule has 0 fully saturated rings. The summed E-state index contributed by atoms with van der Waals surface area (Å²) in [7, 11) is 1.57. The summed E-state index contributed by atoms with van der Waals surface area (Å²) < 4.78 is 11.7. The number of hydrogen-bond donors (Lipinski definition) is 0. The molecule has 0 aliphatic rings. The summed E-state index contributed by atoms with van der Waals surface area (Å²) in [5.41, 5.74) is 2.61. The van der Waals surface area contributed by atoms with Crippen LogP contribution in [0, 0.1) is 22.7 Å². The Labute approximate surface area is 149 Å². The lowest BCUT2D eigenvalue weighted by Gasteiger charge is -2.12. The Balaban J connectivity index is 2.46. The van der Waals surface area contributed by atoms with Crippen LogP contribution < -0.4 is 9.47 Å². The minimum atomic E-state index is 0.498. The first-order chi connectivity index (χ1) is 11.6. The number of ether oxygens (including phenoxy) is 2. The molecule has 0 N–H and O–H groups in total. The van der Waals surface area contributed by atoms with Gasteiger partial charge in [0.05, 0.1) is 41.5 Å². The summed E-state index contributed by atoms with van der Waals surface area (Å²) in [6, 6.07) is 14.8. The molecule has 0 aliphatic carbocycles. The number of nitrogens with zero attached hydrogens (tertiary/aromatic N) is 2. The van der Waals surface area contributed by atoms with Gasteiger partial charge in [-0.15, -0.1) is 0 Å². The zero-order valence-electron chi connectivity index (χ0n) is 13.3. The highest BCUT2D eigenvalue weighted by Crippen LogP contribution is 2.37. The molecule has 120 valence electrons. The van der Waals surface area contributed by atoms with E-state index in [0.717, 1.165) is 15.6 Å². The van der Waals surface area contributed by atoms with Crippen LogP contribution in [0.2, 0.25) is 0 Å². The van der Waals surface area contributed by atoms with Crippen LogP contribution >= 0.6 is 15.9 Å². The molecule has 5 heteroatoms. The van der Waals surface area contributed by atoms with Crippen molar-refractivity contribution in [3.05, 3.63) is 57.6 Å². The van der Waals surface area contributed by atoms with Gasteiger partial charge in [-0.25, -0.2) is 0 Å². The molecule has 0 spiro atoms. The molecule has 0 bridgehead atoms. The maximum Gasteiger partial charge on any atom is 0.175 e. The van der Waals surface area contributed by atoms with E-state index in [2.05, 4.69) is 28.1 Å². The number of nitriles is 2. The number of benzene rings is 2. The SMILES string of the molecule is CCOc1c(Br)cc(C=C(C#N)c2ccc(C#N)cc2)cc1OC. The van der Waals surface area contributed by atoms with E-state index in [4.69, 9.17) is 14.7 Å². The molecule has 4 nitrogen and oxygen atoms in total. The first-order valence-corrected chi connectivity index (χ1v) is 8.04. The summed E-state index contributed by atoms with van der Waals surface area (Å²) >= 11 is 3.47. The van der Waals surface area contributed by atoms with Crippen LogP contribution in [0.15, 0.2) is 40.9 Å². The van der Waals surface area contributed by atoms with E-state index < -0.39 is 0 Å². The average molecular weight is 383 g/mol. The topological polar surface area (TPSA) is 66.0 Å². The lowest BCUT2D eigenvalue weighted by atomic mass is 10.0. The van der Waals surface area contributed by atoms with Crippen LogP contribution in [-0.4, -0.2) is 13.7 Å². The fourth-order valence-corrected chi connectivity index (χ4v) is 2.75. The second-order valence-electron chi connectivity index (χ2n) is 4.83. The van der Waals surface area contributed by atoms with Gasteiger partial charge >= 0.3 is 0 Å². The maximum absolute atomic E-state index is 9.45. The molecule has 0 atom stereocenters. The number of rotatable bonds is 5. The smallest absolute Gasteiger partial charge is 0.175 e. The van der Waals surface area contributed by atoms with Crippen molar-refractivity contribution >= 4 is 27.6 Å². The summed E-state index contributed by atoms with van der Waals surface area (Å²) in [6.07, 6.45) is 1.77. The molecule has 24 heavy (non-hydrogen) atoms. The number of methoxy groups -OCH3 is 1. The van der Waals surface area contributed by atoms with Gasteiger partial charge in [-0.3, -0.25) is 0 Å². The van der Waals surface area contributed by atoms with Crippen LogP contribution in [0.4, 0.5) is 0 Å². The predicted octanol–water partition coefficient (Wildman–Crippen LogP) is 4.79. The second kappa shape index (κ2) is 8.19. The van der Waals surface area contributed by atoms with Crippen LogP contribution in [-0.2, 0) is 0 Å². The van der Waals surface area contributed by atoms with Crippen LogP contribution in [0.3, 0.4) is 0 Å². The van der Waals surface area contributed by atoms with Crippen molar-refractivity contribution in [2.75, 3.05) is 13.7 Å². The summed E-state index contributed by atoms with van der Waals surface area (Å²) in [5.74, 6) is 1.23. The van der Waals surface area contributed by atoms with E-state index in [1.54, 1.807) is 37.5 Å². The van der Waals surface area contributed by atoms with Crippen molar-refractivity contribution in [1.82, 2.24) is 0 Å². The Hall–Kier alpha value is -2.76. The molecule has 0 saturated carbocycles. The Bertz CT molecular complexity index is 843. The van der Waals surface area contributed by atoms with Crippen molar-refractivity contribution in [3.8, 4) is 23.6 Å². The molecule has 0 aromatic heterocycles. The van der Waals surface area contributed by atoms with E-state index in [1.165, 1.54) is 0 Å². The molecular formula is C19H15BrN2O2. The van der Waals surface area contributed by atoms with Crippen molar-refractivity contribution in [2.45, 2.75) is 6.92 Å². The minimum absolute atomic E-state index is 0.498. The molecule has 0 saturated heterocycles. The normalized spacial score (nSPS) is 10.6. The van der Waals surface area contributed by atoms with Crippen molar-refractivity contribution < 1.29 is 9.47 Å². The molecule has 0 heterocycles. The summed E-state index contributed by atoms with van der Waals surface area (Å²) in [5, 5.41) is 18.3.